The van der Waals surface area contributed by atoms with Crippen LogP contribution in [0.2, 0.25) is 10.0 Å². The van der Waals surface area contributed by atoms with E-state index >= 15 is 0 Å². The number of carbonyl (C=O) groups excluding carboxylic acids is 1. The fourth-order valence-corrected chi connectivity index (χ4v) is 2.63. The molecule has 1 N–H and O–H groups in total. The number of nitrogens with one attached hydrogen (secondary N) is 1. The number of rotatable bonds is 7. The van der Waals surface area contributed by atoms with E-state index in [-0.39, 0.29) is 5.91 Å². The summed E-state index contributed by atoms with van der Waals surface area (Å²) < 4.78 is 5.38. The van der Waals surface area contributed by atoms with Crippen LogP contribution in [-0.4, -0.2) is 12.5 Å². The molecule has 0 radical (unpaired) electrons. The highest BCUT2D eigenvalue weighted by atomic mass is 35.5. The molecule has 0 aliphatic rings. The second kappa shape index (κ2) is 8.80. The SMILES string of the molecule is CCOc1ccc(CNC(=O)CCc2ccc(Cl)cc2Cl)cc1. The lowest BCUT2D eigenvalue weighted by Gasteiger charge is -2.08. The Bertz CT molecular complexity index is 657. The molecule has 23 heavy (non-hydrogen) atoms. The molecular weight excluding hydrogens is 333 g/mol. The molecule has 3 nitrogen and oxygen atoms in total. The lowest BCUT2D eigenvalue weighted by molar-refractivity contribution is -0.121. The van der Waals surface area contributed by atoms with Crippen molar-refractivity contribution in [2.24, 2.45) is 0 Å². The van der Waals surface area contributed by atoms with Crippen molar-refractivity contribution in [1.29, 1.82) is 0 Å². The van der Waals surface area contributed by atoms with Gasteiger partial charge in [-0.1, -0.05) is 41.4 Å². The number of hydrogen-bond acceptors (Lipinski definition) is 2. The van der Waals surface area contributed by atoms with Gasteiger partial charge >= 0.3 is 0 Å². The maximum absolute atomic E-state index is 11.9. The highest BCUT2D eigenvalue weighted by molar-refractivity contribution is 6.35. The van der Waals surface area contributed by atoms with Crippen LogP contribution in [0.1, 0.15) is 24.5 Å². The summed E-state index contributed by atoms with van der Waals surface area (Å²) in [6.07, 6.45) is 0.976. The summed E-state index contributed by atoms with van der Waals surface area (Å²) in [4.78, 5) is 11.9. The second-order valence-electron chi connectivity index (χ2n) is 5.09. The second-order valence-corrected chi connectivity index (χ2v) is 5.93. The molecule has 0 fully saturated rings. The van der Waals surface area contributed by atoms with Crippen LogP contribution in [0.25, 0.3) is 0 Å². The lowest BCUT2D eigenvalue weighted by Crippen LogP contribution is -2.23. The summed E-state index contributed by atoms with van der Waals surface area (Å²) in [6.45, 7) is 3.09. The number of aryl methyl sites for hydroxylation is 1. The van der Waals surface area contributed by atoms with Gasteiger partial charge in [-0.25, -0.2) is 0 Å². The third-order valence-electron chi connectivity index (χ3n) is 3.36. The summed E-state index contributed by atoms with van der Waals surface area (Å²) >= 11 is 12.0. The number of halogens is 2. The van der Waals surface area contributed by atoms with Crippen LogP contribution >= 0.6 is 23.2 Å². The summed E-state index contributed by atoms with van der Waals surface area (Å²) in [5.41, 5.74) is 1.96. The Kier molecular flexibility index (Phi) is 6.75. The van der Waals surface area contributed by atoms with Crippen molar-refractivity contribution in [2.45, 2.75) is 26.3 Å². The van der Waals surface area contributed by atoms with Crippen molar-refractivity contribution in [3.05, 3.63) is 63.6 Å². The standard InChI is InChI=1S/C18H19Cl2NO2/c1-2-23-16-8-3-13(4-9-16)12-21-18(22)10-6-14-5-7-15(19)11-17(14)20/h3-5,7-9,11H,2,6,10,12H2,1H3,(H,21,22). The zero-order valence-corrected chi connectivity index (χ0v) is 14.5. The summed E-state index contributed by atoms with van der Waals surface area (Å²) in [7, 11) is 0. The molecule has 0 saturated carbocycles. The maximum atomic E-state index is 11.9. The van der Waals surface area contributed by atoms with Gasteiger partial charge in [-0.05, 0) is 48.7 Å². The van der Waals surface area contributed by atoms with E-state index in [1.807, 2.05) is 37.3 Å². The van der Waals surface area contributed by atoms with Gasteiger partial charge in [0.25, 0.3) is 0 Å². The van der Waals surface area contributed by atoms with Gasteiger partial charge in [0.15, 0.2) is 0 Å². The average Bonchev–Trinajstić information content (AvgIpc) is 2.54. The Morgan fingerprint density at radius 3 is 2.52 bits per heavy atom. The van der Waals surface area contributed by atoms with Gasteiger partial charge in [0, 0.05) is 23.0 Å². The smallest absolute Gasteiger partial charge is 0.220 e. The number of ether oxygens (including phenoxy) is 1. The molecule has 2 aromatic rings. The first kappa shape index (κ1) is 17.6. The molecule has 0 spiro atoms. The third kappa shape index (κ3) is 5.77. The van der Waals surface area contributed by atoms with Crippen molar-refractivity contribution in [3.8, 4) is 5.75 Å². The van der Waals surface area contributed by atoms with E-state index in [4.69, 9.17) is 27.9 Å². The van der Waals surface area contributed by atoms with Crippen LogP contribution in [0.3, 0.4) is 0 Å². The Labute approximate surface area is 146 Å². The molecule has 0 aliphatic heterocycles. The highest BCUT2D eigenvalue weighted by Crippen LogP contribution is 2.22. The molecule has 0 atom stereocenters. The summed E-state index contributed by atoms with van der Waals surface area (Å²) in [6, 6.07) is 13.0. The van der Waals surface area contributed by atoms with Crippen LogP contribution in [-0.2, 0) is 17.8 Å². The molecule has 0 aromatic heterocycles. The van der Waals surface area contributed by atoms with Crippen LogP contribution in [0.5, 0.6) is 5.75 Å². The van der Waals surface area contributed by atoms with E-state index in [0.29, 0.717) is 36.0 Å². The van der Waals surface area contributed by atoms with E-state index in [1.165, 1.54) is 0 Å². The van der Waals surface area contributed by atoms with Crippen LogP contribution < -0.4 is 10.1 Å². The fraction of sp³-hybridized carbons (Fsp3) is 0.278. The van der Waals surface area contributed by atoms with Gasteiger partial charge in [0.05, 0.1) is 6.61 Å². The number of amides is 1. The minimum Gasteiger partial charge on any atom is -0.494 e. The minimum absolute atomic E-state index is 0.00935. The average molecular weight is 352 g/mol. The topological polar surface area (TPSA) is 38.3 Å². The van der Waals surface area contributed by atoms with Gasteiger partial charge in [0.2, 0.25) is 5.91 Å². The van der Waals surface area contributed by atoms with E-state index in [1.54, 1.807) is 12.1 Å². The number of carbonyl (C=O) groups is 1. The van der Waals surface area contributed by atoms with Crippen molar-refractivity contribution in [1.82, 2.24) is 5.32 Å². The first-order chi connectivity index (χ1) is 11.1. The molecule has 2 aromatic carbocycles. The Balaban J connectivity index is 1.78. The maximum Gasteiger partial charge on any atom is 0.220 e. The number of hydrogen-bond donors (Lipinski definition) is 1. The fourth-order valence-electron chi connectivity index (χ4n) is 2.13. The zero-order valence-electron chi connectivity index (χ0n) is 12.9. The van der Waals surface area contributed by atoms with E-state index in [0.717, 1.165) is 16.9 Å². The molecule has 5 heteroatoms. The van der Waals surface area contributed by atoms with E-state index < -0.39 is 0 Å². The predicted octanol–water partition coefficient (Wildman–Crippen LogP) is 4.64. The van der Waals surface area contributed by atoms with Crippen molar-refractivity contribution < 1.29 is 9.53 Å². The van der Waals surface area contributed by atoms with Gasteiger partial charge in [-0.15, -0.1) is 0 Å². The molecule has 0 bridgehead atoms. The first-order valence-corrected chi connectivity index (χ1v) is 8.26. The Morgan fingerprint density at radius 2 is 1.87 bits per heavy atom. The number of benzene rings is 2. The normalized spacial score (nSPS) is 10.4. The molecule has 1 amide bonds. The van der Waals surface area contributed by atoms with Crippen molar-refractivity contribution in [3.63, 3.8) is 0 Å². The van der Waals surface area contributed by atoms with E-state index in [9.17, 15) is 4.79 Å². The quantitative estimate of drug-likeness (QED) is 0.788. The molecule has 0 heterocycles. The zero-order chi connectivity index (χ0) is 16.7. The van der Waals surface area contributed by atoms with Crippen molar-refractivity contribution >= 4 is 29.1 Å². The van der Waals surface area contributed by atoms with Crippen LogP contribution in [0.15, 0.2) is 42.5 Å². The Hall–Kier alpha value is -1.71. The van der Waals surface area contributed by atoms with Crippen LogP contribution in [0, 0.1) is 0 Å². The van der Waals surface area contributed by atoms with Crippen molar-refractivity contribution in [2.75, 3.05) is 6.61 Å². The molecular formula is C18H19Cl2NO2. The van der Waals surface area contributed by atoms with Crippen LogP contribution in [0.4, 0.5) is 0 Å². The molecule has 122 valence electrons. The molecule has 2 rings (SSSR count). The first-order valence-electron chi connectivity index (χ1n) is 7.51. The summed E-state index contributed by atoms with van der Waals surface area (Å²) in [5, 5.41) is 4.09. The van der Waals surface area contributed by atoms with Gasteiger partial charge in [-0.2, -0.15) is 0 Å². The largest absolute Gasteiger partial charge is 0.494 e. The third-order valence-corrected chi connectivity index (χ3v) is 3.95. The molecule has 0 aliphatic carbocycles. The van der Waals surface area contributed by atoms with E-state index in [2.05, 4.69) is 5.32 Å². The predicted molar refractivity (Wildman–Crippen MR) is 94.2 cm³/mol. The van der Waals surface area contributed by atoms with Gasteiger partial charge in [0.1, 0.15) is 5.75 Å². The Morgan fingerprint density at radius 1 is 1.13 bits per heavy atom. The lowest BCUT2D eigenvalue weighted by atomic mass is 10.1. The molecule has 0 unspecified atom stereocenters. The van der Waals surface area contributed by atoms with Gasteiger partial charge in [-0.3, -0.25) is 4.79 Å². The summed E-state index contributed by atoms with van der Waals surface area (Å²) in [5.74, 6) is 0.824. The minimum atomic E-state index is -0.00935. The van der Waals surface area contributed by atoms with Gasteiger partial charge < -0.3 is 10.1 Å². The monoisotopic (exact) mass is 351 g/mol. The molecule has 0 saturated heterocycles. The highest BCUT2D eigenvalue weighted by Gasteiger charge is 2.06.